The summed E-state index contributed by atoms with van der Waals surface area (Å²) in [4.78, 5) is 24.8. The predicted octanol–water partition coefficient (Wildman–Crippen LogP) is 2.60. The number of carbonyl (C=O) groups excluding carboxylic acids is 2. The number of imide groups is 1. The van der Waals surface area contributed by atoms with E-state index >= 15 is 0 Å². The molecule has 25 heavy (non-hydrogen) atoms. The molecule has 0 aromatic heterocycles. The zero-order chi connectivity index (χ0) is 17.6. The predicted molar refractivity (Wildman–Crippen MR) is 97.4 cm³/mol. The molecule has 2 aromatic rings. The van der Waals surface area contributed by atoms with Crippen molar-refractivity contribution in [2.24, 2.45) is 5.10 Å². The summed E-state index contributed by atoms with van der Waals surface area (Å²) < 4.78 is 0. The van der Waals surface area contributed by atoms with Gasteiger partial charge in [-0.3, -0.25) is 10.1 Å². The number of hydrogen-bond donors (Lipinski definition) is 1. The Labute approximate surface area is 146 Å². The van der Waals surface area contributed by atoms with Crippen LogP contribution in [0.2, 0.25) is 0 Å². The number of hydrazone groups is 1. The fourth-order valence-electron chi connectivity index (χ4n) is 2.62. The fraction of sp³-hybridized carbons (Fsp3) is 0.211. The summed E-state index contributed by atoms with van der Waals surface area (Å²) in [5.41, 5.74) is 3.25. The summed E-state index contributed by atoms with van der Waals surface area (Å²) in [6.07, 6.45) is 1.58. The van der Waals surface area contributed by atoms with Crippen LogP contribution < -0.4 is 10.2 Å². The highest BCUT2D eigenvalue weighted by molar-refractivity contribution is 6.02. The van der Waals surface area contributed by atoms with E-state index in [2.05, 4.69) is 34.4 Å². The van der Waals surface area contributed by atoms with Gasteiger partial charge >= 0.3 is 6.03 Å². The molecule has 2 aromatic carbocycles. The Morgan fingerprint density at radius 1 is 1.12 bits per heavy atom. The molecule has 1 saturated heterocycles. The SMILES string of the molecule is CCN(Cc1ccccc1)c1ccc(C=NN2CC(=O)NC2=O)cc1. The third-order valence-electron chi connectivity index (χ3n) is 3.98. The topological polar surface area (TPSA) is 65.0 Å². The number of benzene rings is 2. The number of nitrogens with zero attached hydrogens (tertiary/aromatic N) is 3. The fourth-order valence-corrected chi connectivity index (χ4v) is 2.62. The van der Waals surface area contributed by atoms with Crippen LogP contribution in [0.4, 0.5) is 10.5 Å². The molecular weight excluding hydrogens is 316 g/mol. The zero-order valence-electron chi connectivity index (χ0n) is 14.1. The Morgan fingerprint density at radius 2 is 1.84 bits per heavy atom. The number of amides is 3. The second-order valence-electron chi connectivity index (χ2n) is 5.75. The summed E-state index contributed by atoms with van der Waals surface area (Å²) in [6, 6.07) is 17.8. The molecule has 0 atom stereocenters. The Hall–Kier alpha value is -3.15. The van der Waals surface area contributed by atoms with Crippen LogP contribution in [0.3, 0.4) is 0 Å². The van der Waals surface area contributed by atoms with Crippen LogP contribution >= 0.6 is 0 Å². The highest BCUT2D eigenvalue weighted by atomic mass is 16.2. The van der Waals surface area contributed by atoms with Crippen molar-refractivity contribution in [2.75, 3.05) is 18.0 Å². The van der Waals surface area contributed by atoms with Crippen molar-refractivity contribution in [3.8, 4) is 0 Å². The standard InChI is InChI=1S/C19H20N4O2/c1-2-22(13-16-6-4-3-5-7-16)17-10-8-15(9-11-17)12-20-23-14-18(24)21-19(23)25/h3-12H,2,13-14H2,1H3,(H,21,24,25). The summed E-state index contributed by atoms with van der Waals surface area (Å²) in [6.45, 7) is 3.84. The number of anilines is 1. The smallest absolute Gasteiger partial charge is 0.344 e. The lowest BCUT2D eigenvalue weighted by atomic mass is 10.1. The van der Waals surface area contributed by atoms with Gasteiger partial charge in [-0.25, -0.2) is 9.80 Å². The van der Waals surface area contributed by atoms with Gasteiger partial charge in [0.25, 0.3) is 0 Å². The molecule has 6 nitrogen and oxygen atoms in total. The van der Waals surface area contributed by atoms with E-state index < -0.39 is 6.03 Å². The second-order valence-corrected chi connectivity index (χ2v) is 5.75. The third-order valence-corrected chi connectivity index (χ3v) is 3.98. The van der Waals surface area contributed by atoms with Gasteiger partial charge in [-0.05, 0) is 30.2 Å². The van der Waals surface area contributed by atoms with E-state index in [-0.39, 0.29) is 12.5 Å². The average molecular weight is 336 g/mol. The molecule has 6 heteroatoms. The van der Waals surface area contributed by atoms with E-state index in [0.717, 1.165) is 29.3 Å². The minimum atomic E-state index is -0.488. The Kier molecular flexibility index (Phi) is 5.09. The highest BCUT2D eigenvalue weighted by Gasteiger charge is 2.25. The first kappa shape index (κ1) is 16.7. The first-order valence-corrected chi connectivity index (χ1v) is 8.20. The van der Waals surface area contributed by atoms with E-state index in [4.69, 9.17) is 0 Å². The molecule has 128 valence electrons. The number of carbonyl (C=O) groups is 2. The van der Waals surface area contributed by atoms with Gasteiger partial charge in [0.2, 0.25) is 5.91 Å². The molecule has 1 heterocycles. The lowest BCUT2D eigenvalue weighted by Gasteiger charge is -2.23. The maximum Gasteiger partial charge on any atom is 0.344 e. The van der Waals surface area contributed by atoms with Crippen molar-refractivity contribution < 1.29 is 9.59 Å². The maximum absolute atomic E-state index is 11.4. The van der Waals surface area contributed by atoms with Gasteiger partial charge < -0.3 is 4.90 Å². The van der Waals surface area contributed by atoms with Gasteiger partial charge in [-0.15, -0.1) is 0 Å². The van der Waals surface area contributed by atoms with Crippen LogP contribution in [0.5, 0.6) is 0 Å². The number of hydrogen-bond acceptors (Lipinski definition) is 4. The lowest BCUT2D eigenvalue weighted by molar-refractivity contribution is -0.118. The molecule has 0 saturated carbocycles. The van der Waals surface area contributed by atoms with Crippen molar-refractivity contribution in [1.29, 1.82) is 0 Å². The molecule has 3 amide bonds. The summed E-state index contributed by atoms with van der Waals surface area (Å²) in [7, 11) is 0. The molecule has 1 aliphatic rings. The molecule has 0 aliphatic carbocycles. The first-order valence-electron chi connectivity index (χ1n) is 8.20. The molecule has 3 rings (SSSR count). The maximum atomic E-state index is 11.4. The van der Waals surface area contributed by atoms with E-state index in [9.17, 15) is 9.59 Å². The van der Waals surface area contributed by atoms with Crippen LogP contribution in [0, 0.1) is 0 Å². The normalized spacial score (nSPS) is 14.2. The third kappa shape index (κ3) is 4.23. The zero-order valence-corrected chi connectivity index (χ0v) is 14.1. The van der Waals surface area contributed by atoms with Crippen LogP contribution in [0.15, 0.2) is 59.7 Å². The number of rotatable bonds is 6. The van der Waals surface area contributed by atoms with E-state index in [0.29, 0.717) is 0 Å². The van der Waals surface area contributed by atoms with Crippen LogP contribution in [-0.2, 0) is 11.3 Å². The Balaban J connectivity index is 1.66. The molecule has 0 bridgehead atoms. The first-order chi connectivity index (χ1) is 12.2. The summed E-state index contributed by atoms with van der Waals surface area (Å²) in [5.74, 6) is -0.336. The van der Waals surface area contributed by atoms with E-state index in [1.165, 1.54) is 5.56 Å². The Bertz CT molecular complexity index is 772. The molecular formula is C19H20N4O2. The Morgan fingerprint density at radius 3 is 2.44 bits per heavy atom. The van der Waals surface area contributed by atoms with E-state index in [1.807, 2.05) is 42.5 Å². The van der Waals surface area contributed by atoms with Crippen LogP contribution in [-0.4, -0.2) is 36.3 Å². The van der Waals surface area contributed by atoms with Crippen molar-refractivity contribution in [3.05, 3.63) is 65.7 Å². The highest BCUT2D eigenvalue weighted by Crippen LogP contribution is 2.17. The largest absolute Gasteiger partial charge is 0.367 e. The van der Waals surface area contributed by atoms with Gasteiger partial charge in [0.15, 0.2) is 0 Å². The van der Waals surface area contributed by atoms with Gasteiger partial charge in [0, 0.05) is 18.8 Å². The van der Waals surface area contributed by atoms with Gasteiger partial charge in [0.1, 0.15) is 6.54 Å². The number of urea groups is 1. The molecule has 0 radical (unpaired) electrons. The summed E-state index contributed by atoms with van der Waals surface area (Å²) >= 11 is 0. The molecule has 1 aliphatic heterocycles. The van der Waals surface area contributed by atoms with Gasteiger partial charge in [-0.2, -0.15) is 5.10 Å². The lowest BCUT2D eigenvalue weighted by Crippen LogP contribution is -2.24. The van der Waals surface area contributed by atoms with Crippen molar-refractivity contribution in [3.63, 3.8) is 0 Å². The average Bonchev–Trinajstić information content (AvgIpc) is 2.96. The van der Waals surface area contributed by atoms with Gasteiger partial charge in [-0.1, -0.05) is 42.5 Å². The molecule has 0 spiro atoms. The quantitative estimate of drug-likeness (QED) is 0.651. The summed E-state index contributed by atoms with van der Waals surface area (Å²) in [5, 5.41) is 7.35. The number of nitrogens with one attached hydrogen (secondary N) is 1. The van der Waals surface area contributed by atoms with Crippen molar-refractivity contribution >= 4 is 23.8 Å². The van der Waals surface area contributed by atoms with Gasteiger partial charge in [0.05, 0.1) is 6.21 Å². The molecule has 1 N–H and O–H groups in total. The van der Waals surface area contributed by atoms with Crippen molar-refractivity contribution in [1.82, 2.24) is 10.3 Å². The minimum Gasteiger partial charge on any atom is -0.367 e. The molecule has 0 unspecified atom stereocenters. The van der Waals surface area contributed by atoms with Crippen LogP contribution in [0.1, 0.15) is 18.1 Å². The molecule has 1 fully saturated rings. The minimum absolute atomic E-state index is 0.0336. The van der Waals surface area contributed by atoms with Crippen LogP contribution in [0.25, 0.3) is 0 Å². The van der Waals surface area contributed by atoms with Crippen molar-refractivity contribution in [2.45, 2.75) is 13.5 Å². The monoisotopic (exact) mass is 336 g/mol. The van der Waals surface area contributed by atoms with E-state index in [1.54, 1.807) is 6.21 Å². The second kappa shape index (κ2) is 7.61.